The summed E-state index contributed by atoms with van der Waals surface area (Å²) in [7, 11) is -4.09. The monoisotopic (exact) mass is 639 g/mol. The number of hydrogen-bond donors (Lipinski definition) is 1. The quantitative estimate of drug-likeness (QED) is 0.134. The number of carbonyl (C=O) groups is 1. The fourth-order valence-corrected chi connectivity index (χ4v) is 5.81. The molecule has 0 aliphatic rings. The van der Waals surface area contributed by atoms with Gasteiger partial charge in [0.2, 0.25) is 0 Å². The molecular formula is C32H31Cl2N3O5S. The molecule has 8 nitrogen and oxygen atoms in total. The minimum atomic E-state index is -4.09. The largest absolute Gasteiger partial charge is 0.490 e. The lowest BCUT2D eigenvalue weighted by atomic mass is 10.1. The maximum Gasteiger partial charge on any atom is 0.264 e. The van der Waals surface area contributed by atoms with Crippen molar-refractivity contribution in [3.63, 3.8) is 0 Å². The van der Waals surface area contributed by atoms with Gasteiger partial charge in [-0.1, -0.05) is 41.4 Å². The smallest absolute Gasteiger partial charge is 0.264 e. The molecule has 0 aliphatic carbocycles. The summed E-state index contributed by atoms with van der Waals surface area (Å²) in [5, 5.41) is 5.07. The second-order valence-electron chi connectivity index (χ2n) is 9.59. The van der Waals surface area contributed by atoms with E-state index in [1.54, 1.807) is 36.4 Å². The summed E-state index contributed by atoms with van der Waals surface area (Å²) in [6.07, 6.45) is 1.44. The van der Waals surface area contributed by atoms with Crippen LogP contribution in [0.3, 0.4) is 0 Å². The summed E-state index contributed by atoms with van der Waals surface area (Å²) < 4.78 is 39.9. The van der Waals surface area contributed by atoms with Crippen LogP contribution < -0.4 is 19.2 Å². The highest BCUT2D eigenvalue weighted by Crippen LogP contribution is 2.29. The van der Waals surface area contributed by atoms with Crippen LogP contribution in [0, 0.1) is 13.8 Å². The second-order valence-corrected chi connectivity index (χ2v) is 12.3. The lowest BCUT2D eigenvalue weighted by molar-refractivity contribution is -0.119. The van der Waals surface area contributed by atoms with Crippen LogP contribution in [0.4, 0.5) is 5.69 Å². The number of halogens is 2. The van der Waals surface area contributed by atoms with Crippen molar-refractivity contribution in [2.24, 2.45) is 5.10 Å². The van der Waals surface area contributed by atoms with E-state index >= 15 is 0 Å². The van der Waals surface area contributed by atoms with Crippen molar-refractivity contribution in [2.75, 3.05) is 17.5 Å². The number of hydrazone groups is 1. The minimum Gasteiger partial charge on any atom is -0.490 e. The van der Waals surface area contributed by atoms with Crippen LogP contribution in [0.15, 0.2) is 94.9 Å². The summed E-state index contributed by atoms with van der Waals surface area (Å²) in [5.74, 6) is 0.424. The molecular weight excluding hydrogens is 609 g/mol. The molecule has 0 unspecified atom stereocenters. The first kappa shape index (κ1) is 31.9. The zero-order valence-electron chi connectivity index (χ0n) is 23.9. The molecule has 0 radical (unpaired) electrons. The number of nitrogens with one attached hydrogen (secondary N) is 1. The van der Waals surface area contributed by atoms with Crippen molar-refractivity contribution in [2.45, 2.75) is 32.3 Å². The summed E-state index contributed by atoms with van der Waals surface area (Å²) in [6, 6.07) is 23.6. The van der Waals surface area contributed by atoms with Gasteiger partial charge in [0, 0.05) is 10.0 Å². The number of anilines is 1. The molecule has 0 fully saturated rings. The van der Waals surface area contributed by atoms with Gasteiger partial charge in [-0.25, -0.2) is 13.8 Å². The number of hydrogen-bond acceptors (Lipinski definition) is 6. The third kappa shape index (κ3) is 8.50. The molecule has 4 aromatic carbocycles. The van der Waals surface area contributed by atoms with Crippen LogP contribution in [0.25, 0.3) is 0 Å². The highest BCUT2D eigenvalue weighted by molar-refractivity contribution is 7.92. The Hall–Kier alpha value is -4.05. The lowest BCUT2D eigenvalue weighted by Crippen LogP contribution is -2.39. The number of nitrogens with zero attached hydrogens (tertiary/aromatic N) is 2. The molecule has 0 bridgehead atoms. The van der Waals surface area contributed by atoms with Crippen molar-refractivity contribution < 1.29 is 22.7 Å². The van der Waals surface area contributed by atoms with E-state index < -0.39 is 22.5 Å². The molecule has 0 saturated carbocycles. The van der Waals surface area contributed by atoms with Crippen LogP contribution in [-0.4, -0.2) is 33.7 Å². The van der Waals surface area contributed by atoms with Gasteiger partial charge in [-0.15, -0.1) is 0 Å². The number of benzene rings is 4. The van der Waals surface area contributed by atoms with E-state index in [-0.39, 0.29) is 4.90 Å². The molecule has 0 heterocycles. The molecule has 1 N–H and O–H groups in total. The predicted molar refractivity (Wildman–Crippen MR) is 171 cm³/mol. The average Bonchev–Trinajstić information content (AvgIpc) is 2.97. The van der Waals surface area contributed by atoms with E-state index in [0.717, 1.165) is 21.0 Å². The zero-order valence-corrected chi connectivity index (χ0v) is 26.2. The molecule has 4 rings (SSSR count). The third-order valence-electron chi connectivity index (χ3n) is 6.42. The van der Waals surface area contributed by atoms with Crippen LogP contribution in [0.2, 0.25) is 10.0 Å². The molecule has 0 aromatic heterocycles. The molecule has 4 aromatic rings. The van der Waals surface area contributed by atoms with Crippen molar-refractivity contribution in [1.82, 2.24) is 5.43 Å². The van der Waals surface area contributed by atoms with Crippen molar-refractivity contribution in [3.05, 3.63) is 117 Å². The fourth-order valence-electron chi connectivity index (χ4n) is 4.05. The average molecular weight is 641 g/mol. The standard InChI is InChI=1S/C32H31Cl2N3O5S/c1-4-41-31-18-24(9-15-30(31)42-21-25-6-5-7-27(34)17-25)19-35-36-32(38)20-37(28-12-8-22(2)23(3)16-28)43(39,40)29-13-10-26(33)11-14-29/h5-19H,4,20-21H2,1-3H3,(H,36,38)/b35-19-. The fraction of sp³-hybridized carbons (Fsp3) is 0.188. The predicted octanol–water partition coefficient (Wildman–Crippen LogP) is 6.93. The summed E-state index contributed by atoms with van der Waals surface area (Å²) in [5.41, 5.74) is 6.21. The normalized spacial score (nSPS) is 11.4. The molecule has 0 aliphatic heterocycles. The van der Waals surface area contributed by atoms with Gasteiger partial charge in [0.1, 0.15) is 13.2 Å². The van der Waals surface area contributed by atoms with Gasteiger partial charge in [-0.05, 0) is 110 Å². The number of carbonyl (C=O) groups excluding carboxylic acids is 1. The molecule has 43 heavy (non-hydrogen) atoms. The first-order valence-electron chi connectivity index (χ1n) is 13.4. The Morgan fingerprint density at radius 3 is 2.35 bits per heavy atom. The van der Waals surface area contributed by atoms with Gasteiger partial charge >= 0.3 is 0 Å². The minimum absolute atomic E-state index is 0.00699. The van der Waals surface area contributed by atoms with E-state index in [2.05, 4.69) is 10.5 Å². The number of rotatable bonds is 12. The highest BCUT2D eigenvalue weighted by Gasteiger charge is 2.27. The first-order valence-corrected chi connectivity index (χ1v) is 15.6. The van der Waals surface area contributed by atoms with Gasteiger partial charge in [-0.3, -0.25) is 9.10 Å². The Labute approximate surface area is 261 Å². The Morgan fingerprint density at radius 1 is 0.884 bits per heavy atom. The second kappa shape index (κ2) is 14.4. The van der Waals surface area contributed by atoms with Crippen molar-refractivity contribution in [3.8, 4) is 11.5 Å². The molecule has 1 amide bonds. The van der Waals surface area contributed by atoms with E-state index in [1.807, 2.05) is 45.0 Å². The van der Waals surface area contributed by atoms with E-state index in [9.17, 15) is 13.2 Å². The maximum atomic E-state index is 13.6. The highest BCUT2D eigenvalue weighted by atomic mass is 35.5. The van der Waals surface area contributed by atoms with Crippen molar-refractivity contribution in [1.29, 1.82) is 0 Å². The summed E-state index contributed by atoms with van der Waals surface area (Å²) >= 11 is 12.0. The summed E-state index contributed by atoms with van der Waals surface area (Å²) in [6.45, 7) is 5.89. The van der Waals surface area contributed by atoms with Crippen LogP contribution >= 0.6 is 23.2 Å². The molecule has 0 saturated heterocycles. The third-order valence-corrected chi connectivity index (χ3v) is 8.70. The maximum absolute atomic E-state index is 13.6. The zero-order chi connectivity index (χ0) is 31.0. The van der Waals surface area contributed by atoms with E-state index in [1.165, 1.54) is 30.5 Å². The van der Waals surface area contributed by atoms with Gasteiger partial charge in [0.15, 0.2) is 11.5 Å². The van der Waals surface area contributed by atoms with Crippen LogP contribution in [-0.2, 0) is 21.4 Å². The SMILES string of the molecule is CCOc1cc(/C=N\NC(=O)CN(c2ccc(C)c(C)c2)S(=O)(=O)c2ccc(Cl)cc2)ccc1OCc1cccc(Cl)c1. The Kier molecular flexibility index (Phi) is 10.7. The van der Waals surface area contributed by atoms with Gasteiger partial charge < -0.3 is 9.47 Å². The van der Waals surface area contributed by atoms with Gasteiger partial charge in [-0.2, -0.15) is 5.10 Å². The van der Waals surface area contributed by atoms with Crippen LogP contribution in [0.5, 0.6) is 11.5 Å². The number of aryl methyl sites for hydroxylation is 2. The van der Waals surface area contributed by atoms with Crippen LogP contribution in [0.1, 0.15) is 29.2 Å². The number of ether oxygens (including phenoxy) is 2. The van der Waals surface area contributed by atoms with Gasteiger partial charge in [0.05, 0.1) is 23.4 Å². The van der Waals surface area contributed by atoms with Gasteiger partial charge in [0.25, 0.3) is 15.9 Å². The lowest BCUT2D eigenvalue weighted by Gasteiger charge is -2.24. The first-order chi connectivity index (χ1) is 20.6. The Bertz CT molecular complexity index is 1730. The topological polar surface area (TPSA) is 97.3 Å². The van der Waals surface area contributed by atoms with E-state index in [4.69, 9.17) is 32.7 Å². The summed E-state index contributed by atoms with van der Waals surface area (Å²) in [4.78, 5) is 13.0. The van der Waals surface area contributed by atoms with Crippen molar-refractivity contribution >= 4 is 51.0 Å². The molecule has 0 atom stereocenters. The molecule has 0 spiro atoms. The molecule has 224 valence electrons. The Balaban J connectivity index is 1.49. The van der Waals surface area contributed by atoms with E-state index in [0.29, 0.717) is 46.0 Å². The molecule has 11 heteroatoms. The number of sulfonamides is 1. The Morgan fingerprint density at radius 2 is 1.65 bits per heavy atom. The number of amides is 1.